The molecule has 2 aliphatic rings. The molecule has 1 saturated carbocycles. The molecule has 0 radical (unpaired) electrons. The van der Waals surface area contributed by atoms with Crippen LogP contribution in [0.3, 0.4) is 0 Å². The molecule has 1 aromatic rings. The third-order valence-corrected chi connectivity index (χ3v) is 5.18. The summed E-state index contributed by atoms with van der Waals surface area (Å²) in [5.74, 6) is 0.822. The first-order valence-corrected chi connectivity index (χ1v) is 9.53. The average molecular weight is 359 g/mol. The fourth-order valence-corrected chi connectivity index (χ4v) is 3.63. The lowest BCUT2D eigenvalue weighted by molar-refractivity contribution is -0.125. The van der Waals surface area contributed by atoms with Crippen LogP contribution in [0.5, 0.6) is 5.75 Å². The van der Waals surface area contributed by atoms with E-state index in [0.717, 1.165) is 43.6 Å². The molecule has 0 bridgehead atoms. The van der Waals surface area contributed by atoms with Gasteiger partial charge in [0.15, 0.2) is 6.10 Å². The summed E-state index contributed by atoms with van der Waals surface area (Å²) in [6, 6.07) is 5.56. The summed E-state index contributed by atoms with van der Waals surface area (Å²) in [6.45, 7) is 3.15. The molecule has 1 unspecified atom stereocenters. The summed E-state index contributed by atoms with van der Waals surface area (Å²) in [7, 11) is 3.97. The summed E-state index contributed by atoms with van der Waals surface area (Å²) in [6.07, 6.45) is 4.91. The summed E-state index contributed by atoms with van der Waals surface area (Å²) < 4.78 is 5.79. The molecule has 142 valence electrons. The number of benzene rings is 1. The van der Waals surface area contributed by atoms with Gasteiger partial charge in [-0.1, -0.05) is 19.3 Å². The molecule has 26 heavy (non-hydrogen) atoms. The summed E-state index contributed by atoms with van der Waals surface area (Å²) in [5.41, 5.74) is 1.50. The number of carbonyl (C=O) groups is 2. The monoisotopic (exact) mass is 359 g/mol. The van der Waals surface area contributed by atoms with E-state index >= 15 is 0 Å². The Morgan fingerprint density at radius 1 is 1.27 bits per heavy atom. The largest absolute Gasteiger partial charge is 0.479 e. The van der Waals surface area contributed by atoms with Crippen molar-refractivity contribution in [3.63, 3.8) is 0 Å². The van der Waals surface area contributed by atoms with Crippen LogP contribution in [0, 0.1) is 5.92 Å². The van der Waals surface area contributed by atoms with Gasteiger partial charge in [0.2, 0.25) is 5.91 Å². The lowest BCUT2D eigenvalue weighted by Crippen LogP contribution is -2.46. The molecule has 3 rings (SSSR count). The minimum Gasteiger partial charge on any atom is -0.479 e. The number of rotatable bonds is 5. The van der Waals surface area contributed by atoms with Gasteiger partial charge in [-0.05, 0) is 46.0 Å². The van der Waals surface area contributed by atoms with Crippen molar-refractivity contribution in [3.8, 4) is 5.75 Å². The maximum absolute atomic E-state index is 12.5. The van der Waals surface area contributed by atoms with Gasteiger partial charge in [-0.3, -0.25) is 9.59 Å². The Morgan fingerprint density at radius 2 is 2.00 bits per heavy atom. The van der Waals surface area contributed by atoms with E-state index in [9.17, 15) is 9.59 Å². The molecule has 1 heterocycles. The van der Waals surface area contributed by atoms with Crippen LogP contribution in [0.25, 0.3) is 0 Å². The maximum Gasteiger partial charge on any atom is 0.267 e. The number of amides is 2. The van der Waals surface area contributed by atoms with E-state index in [1.807, 2.05) is 37.2 Å². The van der Waals surface area contributed by atoms with Crippen LogP contribution in [0.4, 0.5) is 11.4 Å². The molecule has 1 aliphatic heterocycles. The Balaban J connectivity index is 1.75. The van der Waals surface area contributed by atoms with Crippen molar-refractivity contribution in [2.75, 3.05) is 37.4 Å². The second-order valence-corrected chi connectivity index (χ2v) is 7.56. The van der Waals surface area contributed by atoms with Gasteiger partial charge in [-0.15, -0.1) is 0 Å². The Kier molecular flexibility index (Phi) is 5.81. The normalized spacial score (nSPS) is 20.7. The first kappa shape index (κ1) is 18.7. The molecule has 0 aromatic heterocycles. The smallest absolute Gasteiger partial charge is 0.267 e. The van der Waals surface area contributed by atoms with Gasteiger partial charge in [0.1, 0.15) is 5.75 Å². The first-order valence-electron chi connectivity index (χ1n) is 9.53. The van der Waals surface area contributed by atoms with Crippen molar-refractivity contribution < 1.29 is 14.3 Å². The zero-order chi connectivity index (χ0) is 18.7. The summed E-state index contributed by atoms with van der Waals surface area (Å²) >= 11 is 0. The molecule has 1 atom stereocenters. The highest BCUT2D eigenvalue weighted by Gasteiger charge is 2.31. The first-order chi connectivity index (χ1) is 12.5. The van der Waals surface area contributed by atoms with Crippen molar-refractivity contribution in [3.05, 3.63) is 18.2 Å². The van der Waals surface area contributed by atoms with Gasteiger partial charge in [0.05, 0.1) is 5.69 Å². The molecule has 6 nitrogen and oxygen atoms in total. The maximum atomic E-state index is 12.5. The zero-order valence-corrected chi connectivity index (χ0v) is 16.0. The van der Waals surface area contributed by atoms with Crippen LogP contribution in [-0.2, 0) is 9.59 Å². The van der Waals surface area contributed by atoms with E-state index < -0.39 is 6.10 Å². The van der Waals surface area contributed by atoms with Crippen molar-refractivity contribution in [1.82, 2.24) is 4.90 Å². The Bertz CT molecular complexity index is 668. The molecular formula is C20H29N3O3. The van der Waals surface area contributed by atoms with Crippen molar-refractivity contribution in [1.29, 1.82) is 0 Å². The lowest BCUT2D eigenvalue weighted by Gasteiger charge is -2.34. The predicted octanol–water partition coefficient (Wildman–Crippen LogP) is 2.88. The number of nitrogens with one attached hydrogen (secondary N) is 1. The molecule has 0 spiro atoms. The van der Waals surface area contributed by atoms with Crippen LogP contribution in [0.15, 0.2) is 18.2 Å². The predicted molar refractivity (Wildman–Crippen MR) is 103 cm³/mol. The number of nitrogens with zero attached hydrogens (tertiary/aromatic N) is 2. The molecule has 1 aliphatic carbocycles. The highest BCUT2D eigenvalue weighted by atomic mass is 16.5. The highest BCUT2D eigenvalue weighted by molar-refractivity contribution is 6.00. The Morgan fingerprint density at radius 3 is 2.69 bits per heavy atom. The number of likely N-dealkylation sites (N-methyl/N-ethyl adjacent to an activating group) is 1. The second-order valence-electron chi connectivity index (χ2n) is 7.56. The van der Waals surface area contributed by atoms with Crippen LogP contribution in [0.2, 0.25) is 0 Å². The lowest BCUT2D eigenvalue weighted by atomic mass is 9.88. The molecule has 0 saturated heterocycles. The fraction of sp³-hybridized carbons (Fsp3) is 0.600. The molecule has 6 heteroatoms. The average Bonchev–Trinajstić information content (AvgIpc) is 2.62. The van der Waals surface area contributed by atoms with Crippen LogP contribution in [0.1, 0.15) is 39.0 Å². The number of carbonyl (C=O) groups excluding carboxylic acids is 2. The van der Waals surface area contributed by atoms with Gasteiger partial charge in [0.25, 0.3) is 5.91 Å². The van der Waals surface area contributed by atoms with E-state index in [-0.39, 0.29) is 17.7 Å². The van der Waals surface area contributed by atoms with Crippen molar-refractivity contribution >= 4 is 23.2 Å². The topological polar surface area (TPSA) is 61.9 Å². The van der Waals surface area contributed by atoms with Crippen molar-refractivity contribution in [2.45, 2.75) is 45.1 Å². The van der Waals surface area contributed by atoms with Crippen LogP contribution >= 0.6 is 0 Å². The molecule has 1 fully saturated rings. The third kappa shape index (κ3) is 4.18. The minimum atomic E-state index is -0.519. The summed E-state index contributed by atoms with van der Waals surface area (Å²) in [5, 5.41) is 3.02. The summed E-state index contributed by atoms with van der Waals surface area (Å²) in [4.78, 5) is 28.8. The Labute approximate surface area is 155 Å². The number of hydrogen-bond acceptors (Lipinski definition) is 4. The number of fused-ring (bicyclic) bond motifs is 1. The number of hydrogen-bond donors (Lipinski definition) is 1. The molecule has 2 amide bonds. The van der Waals surface area contributed by atoms with Gasteiger partial charge in [-0.25, -0.2) is 0 Å². The number of ether oxygens (including phenoxy) is 1. The highest BCUT2D eigenvalue weighted by Crippen LogP contribution is 2.36. The molecular weight excluding hydrogens is 330 g/mol. The standard InChI is InChI=1S/C20H29N3O3/c1-14-20(25)23(12-11-22(2)3)17-10-9-16(13-18(17)26-14)21-19(24)15-7-5-4-6-8-15/h9-10,13-15H,4-8,11-12H2,1-3H3,(H,21,24). The van der Waals surface area contributed by atoms with Crippen LogP contribution in [-0.4, -0.2) is 50.0 Å². The zero-order valence-electron chi connectivity index (χ0n) is 16.0. The van der Waals surface area contributed by atoms with Gasteiger partial charge >= 0.3 is 0 Å². The van der Waals surface area contributed by atoms with Crippen LogP contribution < -0.4 is 15.0 Å². The molecule has 1 aromatic carbocycles. The number of anilines is 2. The van der Waals surface area contributed by atoms with Gasteiger partial charge < -0.3 is 19.9 Å². The van der Waals surface area contributed by atoms with Gasteiger partial charge in [-0.2, -0.15) is 0 Å². The van der Waals surface area contributed by atoms with Crippen molar-refractivity contribution in [2.24, 2.45) is 5.92 Å². The van der Waals surface area contributed by atoms with E-state index in [2.05, 4.69) is 5.32 Å². The molecule has 1 N–H and O–H groups in total. The fourth-order valence-electron chi connectivity index (χ4n) is 3.63. The van der Waals surface area contributed by atoms with E-state index in [1.54, 1.807) is 11.8 Å². The minimum absolute atomic E-state index is 0.0293. The SMILES string of the molecule is CC1Oc2cc(NC(=O)C3CCCCC3)ccc2N(CCN(C)C)C1=O. The van der Waals surface area contributed by atoms with Gasteiger partial charge in [0, 0.05) is 30.8 Å². The van der Waals surface area contributed by atoms with E-state index in [0.29, 0.717) is 12.3 Å². The Hall–Kier alpha value is -2.08. The van der Waals surface area contributed by atoms with E-state index in [1.165, 1.54) is 6.42 Å². The third-order valence-electron chi connectivity index (χ3n) is 5.18. The second kappa shape index (κ2) is 8.08. The van der Waals surface area contributed by atoms with E-state index in [4.69, 9.17) is 4.74 Å². The quantitative estimate of drug-likeness (QED) is 0.878.